The van der Waals surface area contributed by atoms with Crippen molar-refractivity contribution in [3.63, 3.8) is 0 Å². The van der Waals surface area contributed by atoms with Crippen molar-refractivity contribution in [1.29, 1.82) is 0 Å². The molecule has 3 heteroatoms. The molecule has 0 atom stereocenters. The second-order valence-corrected chi connectivity index (χ2v) is 6.92. The van der Waals surface area contributed by atoms with Crippen molar-refractivity contribution < 1.29 is 0 Å². The van der Waals surface area contributed by atoms with Gasteiger partial charge in [-0.3, -0.25) is 0 Å². The molecule has 2 aromatic rings. The first kappa shape index (κ1) is 14.7. The van der Waals surface area contributed by atoms with Crippen LogP contribution in [0.5, 0.6) is 0 Å². The van der Waals surface area contributed by atoms with Gasteiger partial charge in [0.25, 0.3) is 0 Å². The number of hydrogen-bond acceptors (Lipinski definition) is 3. The number of hydrogen-bond donors (Lipinski definition) is 1. The molecule has 0 unspecified atom stereocenters. The Morgan fingerprint density at radius 3 is 2.70 bits per heavy atom. The summed E-state index contributed by atoms with van der Waals surface area (Å²) < 4.78 is 0. The first-order valence-corrected chi connectivity index (χ1v) is 8.85. The van der Waals surface area contributed by atoms with Crippen molar-refractivity contribution in [2.75, 3.05) is 24.5 Å². The molecule has 1 aromatic carbocycles. The summed E-state index contributed by atoms with van der Waals surface area (Å²) in [4.78, 5) is 7.51. The summed E-state index contributed by atoms with van der Waals surface area (Å²) in [6, 6.07) is 13.1. The average Bonchev–Trinajstić information content (AvgIpc) is 2.62. The van der Waals surface area contributed by atoms with Gasteiger partial charge in [0.1, 0.15) is 5.82 Å². The van der Waals surface area contributed by atoms with E-state index in [2.05, 4.69) is 53.5 Å². The third kappa shape index (κ3) is 2.98. The highest BCUT2D eigenvalue weighted by atomic mass is 15.2. The molecule has 23 heavy (non-hydrogen) atoms. The fourth-order valence-electron chi connectivity index (χ4n) is 3.71. The van der Waals surface area contributed by atoms with Crippen molar-refractivity contribution in [3.8, 4) is 11.1 Å². The van der Waals surface area contributed by atoms with Gasteiger partial charge in [-0.1, -0.05) is 37.3 Å². The summed E-state index contributed by atoms with van der Waals surface area (Å²) in [5.41, 5.74) is 5.34. The maximum atomic E-state index is 5.03. The van der Waals surface area contributed by atoms with E-state index in [1.807, 2.05) is 0 Å². The maximum Gasteiger partial charge on any atom is 0.129 e. The van der Waals surface area contributed by atoms with Crippen LogP contribution in [0.25, 0.3) is 11.1 Å². The third-order valence-corrected chi connectivity index (χ3v) is 5.23. The molecule has 1 saturated heterocycles. The minimum absolute atomic E-state index is 0.849. The lowest BCUT2D eigenvalue weighted by atomic mass is 9.94. The average molecular weight is 307 g/mol. The minimum atomic E-state index is 0.849. The first-order valence-electron chi connectivity index (χ1n) is 8.85. The van der Waals surface area contributed by atoms with Crippen LogP contribution >= 0.6 is 0 Å². The molecular formula is C20H25N3. The molecule has 1 N–H and O–H groups in total. The zero-order chi connectivity index (χ0) is 15.6. The summed E-state index contributed by atoms with van der Waals surface area (Å²) >= 11 is 0. The summed E-state index contributed by atoms with van der Waals surface area (Å²) in [5.74, 6) is 2.03. The Hall–Kier alpha value is -1.87. The quantitative estimate of drug-likeness (QED) is 0.918. The fraction of sp³-hybridized carbons (Fsp3) is 0.450. The topological polar surface area (TPSA) is 28.2 Å². The van der Waals surface area contributed by atoms with Crippen molar-refractivity contribution in [2.45, 2.75) is 32.7 Å². The largest absolute Gasteiger partial charge is 0.357 e. The third-order valence-electron chi connectivity index (χ3n) is 5.23. The van der Waals surface area contributed by atoms with E-state index in [1.54, 1.807) is 0 Å². The molecule has 0 amide bonds. The lowest BCUT2D eigenvalue weighted by Gasteiger charge is -2.33. The number of pyridine rings is 1. The van der Waals surface area contributed by atoms with Gasteiger partial charge in [-0.2, -0.15) is 0 Å². The van der Waals surface area contributed by atoms with Crippen LogP contribution in [0.15, 0.2) is 36.4 Å². The molecule has 120 valence electrons. The first-order chi connectivity index (χ1) is 11.3. The van der Waals surface area contributed by atoms with Crippen molar-refractivity contribution in [1.82, 2.24) is 10.3 Å². The Balaban J connectivity index is 1.76. The smallest absolute Gasteiger partial charge is 0.129 e. The van der Waals surface area contributed by atoms with E-state index in [0.717, 1.165) is 38.5 Å². The Labute approximate surface area is 138 Å². The lowest BCUT2D eigenvalue weighted by molar-refractivity contribution is 0.436. The van der Waals surface area contributed by atoms with Gasteiger partial charge in [0, 0.05) is 38.3 Å². The monoisotopic (exact) mass is 307 g/mol. The molecule has 3 nitrogen and oxygen atoms in total. The number of benzene rings is 1. The Morgan fingerprint density at radius 1 is 1.13 bits per heavy atom. The Bertz CT molecular complexity index is 673. The second-order valence-electron chi connectivity index (χ2n) is 6.92. The number of anilines is 1. The molecule has 1 fully saturated rings. The SMILES string of the molecule is CC1CCN(c2cc(-c3ccccc3)c3c(n2)CCNC3)CC1. The number of fused-ring (bicyclic) bond motifs is 1. The zero-order valence-electron chi connectivity index (χ0n) is 13.9. The van der Waals surface area contributed by atoms with Crippen LogP contribution in [0, 0.1) is 5.92 Å². The normalized spacial score (nSPS) is 18.7. The number of piperidine rings is 1. The highest BCUT2D eigenvalue weighted by molar-refractivity contribution is 5.72. The predicted octanol–water partition coefficient (Wildman–Crippen LogP) is 3.63. The number of nitrogens with one attached hydrogen (secondary N) is 1. The summed E-state index contributed by atoms with van der Waals surface area (Å²) in [6.07, 6.45) is 3.59. The van der Waals surface area contributed by atoms with E-state index in [4.69, 9.17) is 4.98 Å². The van der Waals surface area contributed by atoms with Crippen LogP contribution in [0.1, 0.15) is 31.0 Å². The van der Waals surface area contributed by atoms with E-state index in [1.165, 1.54) is 41.0 Å². The predicted molar refractivity (Wildman–Crippen MR) is 95.7 cm³/mol. The molecule has 4 rings (SSSR count). The molecule has 2 aliphatic rings. The van der Waals surface area contributed by atoms with E-state index in [0.29, 0.717) is 0 Å². The lowest BCUT2D eigenvalue weighted by Crippen LogP contribution is -2.34. The van der Waals surface area contributed by atoms with Crippen LogP contribution in [-0.2, 0) is 13.0 Å². The highest BCUT2D eigenvalue weighted by Crippen LogP contribution is 2.32. The Kier molecular flexibility index (Phi) is 4.04. The number of aromatic nitrogens is 1. The van der Waals surface area contributed by atoms with E-state index >= 15 is 0 Å². The van der Waals surface area contributed by atoms with Crippen molar-refractivity contribution in [3.05, 3.63) is 47.7 Å². The minimum Gasteiger partial charge on any atom is -0.357 e. The maximum absolute atomic E-state index is 5.03. The molecule has 0 radical (unpaired) electrons. The summed E-state index contributed by atoms with van der Waals surface area (Å²) in [7, 11) is 0. The van der Waals surface area contributed by atoms with Crippen LogP contribution in [0.2, 0.25) is 0 Å². The van der Waals surface area contributed by atoms with Gasteiger partial charge in [-0.05, 0) is 41.5 Å². The molecule has 0 saturated carbocycles. The molecule has 2 aliphatic heterocycles. The second kappa shape index (κ2) is 6.32. The molecular weight excluding hydrogens is 282 g/mol. The highest BCUT2D eigenvalue weighted by Gasteiger charge is 2.22. The van der Waals surface area contributed by atoms with Crippen LogP contribution < -0.4 is 10.2 Å². The molecule has 0 bridgehead atoms. The Morgan fingerprint density at radius 2 is 1.91 bits per heavy atom. The van der Waals surface area contributed by atoms with E-state index in [9.17, 15) is 0 Å². The van der Waals surface area contributed by atoms with Crippen LogP contribution in [0.4, 0.5) is 5.82 Å². The van der Waals surface area contributed by atoms with Gasteiger partial charge in [0.05, 0.1) is 0 Å². The number of nitrogens with zero attached hydrogens (tertiary/aromatic N) is 2. The van der Waals surface area contributed by atoms with Gasteiger partial charge in [-0.25, -0.2) is 4.98 Å². The van der Waals surface area contributed by atoms with Gasteiger partial charge >= 0.3 is 0 Å². The molecule has 0 spiro atoms. The van der Waals surface area contributed by atoms with E-state index < -0.39 is 0 Å². The van der Waals surface area contributed by atoms with Gasteiger partial charge in [0.2, 0.25) is 0 Å². The summed E-state index contributed by atoms with van der Waals surface area (Å²) in [5, 5.41) is 3.50. The fourth-order valence-corrected chi connectivity index (χ4v) is 3.71. The van der Waals surface area contributed by atoms with E-state index in [-0.39, 0.29) is 0 Å². The van der Waals surface area contributed by atoms with Crippen molar-refractivity contribution >= 4 is 5.82 Å². The van der Waals surface area contributed by atoms with Crippen LogP contribution in [-0.4, -0.2) is 24.6 Å². The van der Waals surface area contributed by atoms with Gasteiger partial charge in [-0.15, -0.1) is 0 Å². The van der Waals surface area contributed by atoms with Crippen molar-refractivity contribution in [2.24, 2.45) is 5.92 Å². The van der Waals surface area contributed by atoms with Gasteiger partial charge in [0.15, 0.2) is 0 Å². The summed E-state index contributed by atoms with van der Waals surface area (Å²) in [6.45, 7) is 6.61. The van der Waals surface area contributed by atoms with Crippen LogP contribution in [0.3, 0.4) is 0 Å². The standard InChI is InChI=1S/C20H25N3/c1-15-8-11-23(12-9-15)20-13-17(16-5-3-2-4-6-16)18-14-21-10-7-19(18)22-20/h2-6,13,15,21H,7-12,14H2,1H3. The molecule has 1 aromatic heterocycles. The molecule has 3 heterocycles. The van der Waals surface area contributed by atoms with Gasteiger partial charge < -0.3 is 10.2 Å². The zero-order valence-corrected chi connectivity index (χ0v) is 13.9. The number of rotatable bonds is 2. The molecule has 0 aliphatic carbocycles.